The van der Waals surface area contributed by atoms with E-state index in [9.17, 15) is 9.90 Å². The van der Waals surface area contributed by atoms with Crippen molar-refractivity contribution < 1.29 is 14.6 Å². The Morgan fingerprint density at radius 2 is 1.81 bits per heavy atom. The molecule has 1 saturated carbocycles. The number of aromatic amines is 1. The van der Waals surface area contributed by atoms with Crippen LogP contribution in [0.4, 0.5) is 0 Å². The highest BCUT2D eigenvalue weighted by atomic mass is 16.5. The Bertz CT molecular complexity index is 832. The van der Waals surface area contributed by atoms with Gasteiger partial charge in [0.2, 0.25) is 0 Å². The minimum absolute atomic E-state index is 0.0225. The summed E-state index contributed by atoms with van der Waals surface area (Å²) in [5, 5.41) is 10.7. The molecule has 5 heteroatoms. The van der Waals surface area contributed by atoms with Crippen molar-refractivity contribution in [1.29, 1.82) is 0 Å². The standard InChI is InChI=1S/C21H27NO4/c1-13(2)18-19(23)17(14(3)22-20(18)24)11-21(9-10-21)12-26-16-7-5-15(25-4)6-8-16/h5-8,13H,9-12H2,1-4H3,(H2,22,23,24). The van der Waals surface area contributed by atoms with Crippen LogP contribution in [0.5, 0.6) is 17.2 Å². The first-order valence-electron chi connectivity index (χ1n) is 9.07. The van der Waals surface area contributed by atoms with Crippen LogP contribution < -0.4 is 15.0 Å². The first kappa shape index (κ1) is 18.4. The van der Waals surface area contributed by atoms with Crippen LogP contribution in [0.25, 0.3) is 0 Å². The predicted molar refractivity (Wildman–Crippen MR) is 101 cm³/mol. The van der Waals surface area contributed by atoms with E-state index in [1.807, 2.05) is 45.0 Å². The van der Waals surface area contributed by atoms with E-state index >= 15 is 0 Å². The predicted octanol–water partition coefficient (Wildman–Crippen LogP) is 3.92. The summed E-state index contributed by atoms with van der Waals surface area (Å²) in [7, 11) is 1.64. The molecule has 1 aromatic heterocycles. The van der Waals surface area contributed by atoms with Crippen LogP contribution in [-0.2, 0) is 6.42 Å². The van der Waals surface area contributed by atoms with E-state index in [0.717, 1.165) is 35.6 Å². The molecule has 5 nitrogen and oxygen atoms in total. The third-order valence-corrected chi connectivity index (χ3v) is 5.23. The summed E-state index contributed by atoms with van der Waals surface area (Å²) in [6.45, 7) is 6.28. The molecule has 3 rings (SSSR count). The molecule has 0 radical (unpaired) electrons. The lowest BCUT2D eigenvalue weighted by Gasteiger charge is -2.20. The zero-order valence-electron chi connectivity index (χ0n) is 15.9. The molecule has 1 fully saturated rings. The lowest BCUT2D eigenvalue weighted by atomic mass is 9.92. The van der Waals surface area contributed by atoms with Crippen LogP contribution in [0, 0.1) is 12.3 Å². The summed E-state index contributed by atoms with van der Waals surface area (Å²) in [6.07, 6.45) is 2.81. The van der Waals surface area contributed by atoms with Gasteiger partial charge in [0.15, 0.2) is 0 Å². The molecular formula is C21H27NO4. The van der Waals surface area contributed by atoms with Gasteiger partial charge >= 0.3 is 0 Å². The first-order valence-corrected chi connectivity index (χ1v) is 9.07. The van der Waals surface area contributed by atoms with Gasteiger partial charge in [-0.2, -0.15) is 0 Å². The van der Waals surface area contributed by atoms with Crippen molar-refractivity contribution >= 4 is 0 Å². The molecule has 1 heterocycles. The maximum absolute atomic E-state index is 12.1. The number of hydrogen-bond donors (Lipinski definition) is 2. The number of aryl methyl sites for hydroxylation is 1. The lowest BCUT2D eigenvalue weighted by molar-refractivity contribution is 0.231. The first-order chi connectivity index (χ1) is 12.3. The Hall–Kier alpha value is -2.43. The monoisotopic (exact) mass is 357 g/mol. The van der Waals surface area contributed by atoms with E-state index in [-0.39, 0.29) is 22.6 Å². The molecule has 0 amide bonds. The molecule has 0 bridgehead atoms. The van der Waals surface area contributed by atoms with Gasteiger partial charge in [-0.25, -0.2) is 0 Å². The molecular weight excluding hydrogens is 330 g/mol. The Kier molecular flexibility index (Phi) is 4.99. The van der Waals surface area contributed by atoms with Crippen LogP contribution in [0.15, 0.2) is 29.1 Å². The van der Waals surface area contributed by atoms with E-state index in [0.29, 0.717) is 18.6 Å². The lowest BCUT2D eigenvalue weighted by Crippen LogP contribution is -2.21. The fraction of sp³-hybridized carbons (Fsp3) is 0.476. The second kappa shape index (κ2) is 7.06. The Morgan fingerprint density at radius 1 is 1.19 bits per heavy atom. The maximum atomic E-state index is 12.1. The summed E-state index contributed by atoms with van der Waals surface area (Å²) in [5.41, 5.74) is 1.88. The minimum atomic E-state index is -0.196. The quantitative estimate of drug-likeness (QED) is 0.788. The summed E-state index contributed by atoms with van der Waals surface area (Å²) >= 11 is 0. The van der Waals surface area contributed by atoms with Crippen molar-refractivity contribution in [3.63, 3.8) is 0 Å². The second-order valence-corrected chi connectivity index (χ2v) is 7.62. The smallest absolute Gasteiger partial charge is 0.255 e. The van der Waals surface area contributed by atoms with Gasteiger partial charge in [0, 0.05) is 16.7 Å². The van der Waals surface area contributed by atoms with E-state index in [1.165, 1.54) is 0 Å². The van der Waals surface area contributed by atoms with E-state index in [1.54, 1.807) is 7.11 Å². The third kappa shape index (κ3) is 3.71. The Morgan fingerprint density at radius 3 is 2.35 bits per heavy atom. The fourth-order valence-corrected chi connectivity index (χ4v) is 3.35. The number of nitrogens with one attached hydrogen (secondary N) is 1. The molecule has 0 spiro atoms. The highest BCUT2D eigenvalue weighted by Crippen LogP contribution is 2.50. The molecule has 0 atom stereocenters. The Balaban J connectivity index is 1.75. The van der Waals surface area contributed by atoms with Gasteiger partial charge in [-0.3, -0.25) is 4.79 Å². The van der Waals surface area contributed by atoms with Crippen LogP contribution in [0.1, 0.15) is 49.4 Å². The SMILES string of the molecule is COc1ccc(OCC2(Cc3c(C)[nH]c(=O)c(C(C)C)c3O)CC2)cc1. The van der Waals surface area contributed by atoms with Crippen LogP contribution in [-0.4, -0.2) is 23.8 Å². The summed E-state index contributed by atoms with van der Waals surface area (Å²) in [5.74, 6) is 1.73. The van der Waals surface area contributed by atoms with E-state index in [4.69, 9.17) is 9.47 Å². The van der Waals surface area contributed by atoms with Crippen molar-refractivity contribution in [3.05, 3.63) is 51.4 Å². The summed E-state index contributed by atoms with van der Waals surface area (Å²) in [4.78, 5) is 15.0. The topological polar surface area (TPSA) is 71.5 Å². The minimum Gasteiger partial charge on any atom is -0.507 e. The van der Waals surface area contributed by atoms with Gasteiger partial charge in [-0.05, 0) is 56.4 Å². The molecule has 1 aliphatic rings. The number of methoxy groups -OCH3 is 1. The van der Waals surface area contributed by atoms with E-state index in [2.05, 4.69) is 4.98 Å². The van der Waals surface area contributed by atoms with E-state index < -0.39 is 0 Å². The molecule has 0 unspecified atom stereocenters. The molecule has 2 aromatic rings. The number of rotatable bonds is 7. The van der Waals surface area contributed by atoms with Crippen LogP contribution in [0.3, 0.4) is 0 Å². The fourth-order valence-electron chi connectivity index (χ4n) is 3.35. The van der Waals surface area contributed by atoms with Gasteiger partial charge in [-0.15, -0.1) is 0 Å². The van der Waals surface area contributed by atoms with Gasteiger partial charge in [0.25, 0.3) is 5.56 Å². The average Bonchev–Trinajstić information content (AvgIpc) is 3.37. The molecule has 2 N–H and O–H groups in total. The van der Waals surface area contributed by atoms with Gasteiger partial charge in [0.05, 0.1) is 19.3 Å². The third-order valence-electron chi connectivity index (χ3n) is 5.23. The number of hydrogen-bond acceptors (Lipinski definition) is 4. The molecule has 0 saturated heterocycles. The zero-order chi connectivity index (χ0) is 18.9. The van der Waals surface area contributed by atoms with Gasteiger partial charge in [0.1, 0.15) is 17.2 Å². The highest BCUT2D eigenvalue weighted by Gasteiger charge is 2.44. The van der Waals surface area contributed by atoms with Gasteiger partial charge < -0.3 is 19.6 Å². The number of aromatic hydroxyl groups is 1. The Labute approximate surface area is 154 Å². The summed E-state index contributed by atoms with van der Waals surface area (Å²) < 4.78 is 11.1. The maximum Gasteiger partial charge on any atom is 0.255 e. The highest BCUT2D eigenvalue weighted by molar-refractivity contribution is 5.44. The number of aromatic nitrogens is 1. The molecule has 140 valence electrons. The second-order valence-electron chi connectivity index (χ2n) is 7.62. The molecule has 0 aliphatic heterocycles. The molecule has 26 heavy (non-hydrogen) atoms. The number of H-pyrrole nitrogens is 1. The van der Waals surface area contributed by atoms with Crippen molar-refractivity contribution in [2.24, 2.45) is 5.41 Å². The van der Waals surface area contributed by atoms with Crippen molar-refractivity contribution in [3.8, 4) is 17.2 Å². The van der Waals surface area contributed by atoms with Crippen molar-refractivity contribution in [2.75, 3.05) is 13.7 Å². The zero-order valence-corrected chi connectivity index (χ0v) is 15.9. The summed E-state index contributed by atoms with van der Waals surface area (Å²) in [6, 6.07) is 7.55. The van der Waals surface area contributed by atoms with Crippen molar-refractivity contribution in [1.82, 2.24) is 4.98 Å². The van der Waals surface area contributed by atoms with Crippen molar-refractivity contribution in [2.45, 2.75) is 46.0 Å². The normalized spacial score (nSPS) is 15.1. The van der Waals surface area contributed by atoms with Gasteiger partial charge in [-0.1, -0.05) is 13.8 Å². The van der Waals surface area contributed by atoms with Crippen LogP contribution >= 0.6 is 0 Å². The molecule has 1 aromatic carbocycles. The largest absolute Gasteiger partial charge is 0.507 e. The number of ether oxygens (including phenoxy) is 2. The average molecular weight is 357 g/mol. The molecule has 1 aliphatic carbocycles. The number of benzene rings is 1. The van der Waals surface area contributed by atoms with Crippen LogP contribution in [0.2, 0.25) is 0 Å². The number of pyridine rings is 1.